The van der Waals surface area contributed by atoms with E-state index in [1.165, 1.54) is 25.2 Å². The van der Waals surface area contributed by atoms with Gasteiger partial charge in [-0.3, -0.25) is 14.9 Å². The van der Waals surface area contributed by atoms with Crippen molar-refractivity contribution < 1.29 is 9.72 Å². The van der Waals surface area contributed by atoms with Gasteiger partial charge in [-0.2, -0.15) is 11.3 Å². The lowest BCUT2D eigenvalue weighted by Crippen LogP contribution is -2.18. The van der Waals surface area contributed by atoms with Crippen molar-refractivity contribution in [2.24, 2.45) is 0 Å². The number of thiophene rings is 1. The number of rotatable bonds is 5. The zero-order valence-corrected chi connectivity index (χ0v) is 11.6. The van der Waals surface area contributed by atoms with Crippen LogP contribution in [0.1, 0.15) is 15.9 Å². The molecule has 0 spiro atoms. The fraction of sp³-hybridized carbons (Fsp3) is 0.154. The Hall–Kier alpha value is -2.41. The van der Waals surface area contributed by atoms with E-state index in [9.17, 15) is 14.9 Å². The molecule has 2 aromatic rings. The van der Waals surface area contributed by atoms with Crippen molar-refractivity contribution in [1.82, 2.24) is 5.32 Å². The Labute approximate surface area is 119 Å². The minimum atomic E-state index is -0.469. The number of nitrogens with zero attached hydrogens (tertiary/aromatic N) is 1. The number of hydrogen-bond acceptors (Lipinski definition) is 5. The lowest BCUT2D eigenvalue weighted by molar-refractivity contribution is -0.384. The van der Waals surface area contributed by atoms with Crippen molar-refractivity contribution in [2.45, 2.75) is 6.54 Å². The van der Waals surface area contributed by atoms with Gasteiger partial charge < -0.3 is 10.6 Å². The van der Waals surface area contributed by atoms with Gasteiger partial charge >= 0.3 is 0 Å². The molecule has 0 fully saturated rings. The van der Waals surface area contributed by atoms with Crippen LogP contribution in [-0.2, 0) is 6.54 Å². The van der Waals surface area contributed by atoms with E-state index in [2.05, 4.69) is 10.6 Å². The summed E-state index contributed by atoms with van der Waals surface area (Å²) in [5.74, 6) is -0.279. The van der Waals surface area contributed by atoms with Gasteiger partial charge in [0.1, 0.15) is 5.69 Å². The first kappa shape index (κ1) is 14.0. The quantitative estimate of drug-likeness (QED) is 0.655. The molecule has 104 valence electrons. The first-order valence-electron chi connectivity index (χ1n) is 5.87. The molecule has 0 aliphatic rings. The summed E-state index contributed by atoms with van der Waals surface area (Å²) < 4.78 is 0. The molecule has 0 aliphatic carbocycles. The van der Waals surface area contributed by atoms with Crippen LogP contribution in [0.4, 0.5) is 11.4 Å². The molecule has 6 nitrogen and oxygen atoms in total. The lowest BCUT2D eigenvalue weighted by atomic mass is 10.1. The third-order valence-electron chi connectivity index (χ3n) is 2.75. The fourth-order valence-corrected chi connectivity index (χ4v) is 2.38. The largest absolute Gasteiger partial charge is 0.375 e. The van der Waals surface area contributed by atoms with Gasteiger partial charge in [0.15, 0.2) is 0 Å². The number of nitro benzene ring substituents is 1. The summed E-state index contributed by atoms with van der Waals surface area (Å²) in [6.45, 7) is 0.474. The van der Waals surface area contributed by atoms with Crippen molar-refractivity contribution in [3.63, 3.8) is 0 Å². The smallest absolute Gasteiger partial charge is 0.292 e. The first-order valence-corrected chi connectivity index (χ1v) is 6.81. The van der Waals surface area contributed by atoms with E-state index in [0.717, 1.165) is 5.56 Å². The summed E-state index contributed by atoms with van der Waals surface area (Å²) in [7, 11) is 1.52. The van der Waals surface area contributed by atoms with Crippen molar-refractivity contribution in [2.75, 3.05) is 12.4 Å². The molecule has 0 radical (unpaired) electrons. The monoisotopic (exact) mass is 291 g/mol. The second-order valence-corrected chi connectivity index (χ2v) is 4.83. The average Bonchev–Trinajstić information content (AvgIpc) is 2.97. The van der Waals surface area contributed by atoms with Crippen LogP contribution in [-0.4, -0.2) is 17.9 Å². The SMILES string of the molecule is CNC(=O)c1ccc([N+](=O)[O-])c(NCc2ccsc2)c1. The number of nitro groups is 1. The Morgan fingerprint density at radius 2 is 2.20 bits per heavy atom. The number of carbonyl (C=O) groups is 1. The molecule has 20 heavy (non-hydrogen) atoms. The molecule has 0 bridgehead atoms. The molecule has 0 saturated carbocycles. The van der Waals surface area contributed by atoms with Crippen LogP contribution in [0.5, 0.6) is 0 Å². The zero-order valence-electron chi connectivity index (χ0n) is 10.8. The number of nitrogens with one attached hydrogen (secondary N) is 2. The van der Waals surface area contributed by atoms with E-state index in [4.69, 9.17) is 0 Å². The highest BCUT2D eigenvalue weighted by Gasteiger charge is 2.16. The van der Waals surface area contributed by atoms with Gasteiger partial charge in [-0.05, 0) is 34.5 Å². The highest BCUT2D eigenvalue weighted by atomic mass is 32.1. The van der Waals surface area contributed by atoms with Crippen LogP contribution in [0, 0.1) is 10.1 Å². The second-order valence-electron chi connectivity index (χ2n) is 4.05. The normalized spacial score (nSPS) is 10.1. The number of benzene rings is 1. The second kappa shape index (κ2) is 6.16. The van der Waals surface area contributed by atoms with E-state index in [-0.39, 0.29) is 11.6 Å². The molecule has 1 heterocycles. The molecule has 2 rings (SSSR count). The lowest BCUT2D eigenvalue weighted by Gasteiger charge is -2.08. The highest BCUT2D eigenvalue weighted by Crippen LogP contribution is 2.26. The summed E-state index contributed by atoms with van der Waals surface area (Å²) >= 11 is 1.56. The Morgan fingerprint density at radius 3 is 2.80 bits per heavy atom. The first-order chi connectivity index (χ1) is 9.61. The summed E-state index contributed by atoms with van der Waals surface area (Å²) in [5, 5.41) is 20.4. The van der Waals surface area contributed by atoms with Gasteiger partial charge in [-0.15, -0.1) is 0 Å². The van der Waals surface area contributed by atoms with Crippen LogP contribution < -0.4 is 10.6 Å². The summed E-state index contributed by atoms with van der Waals surface area (Å²) in [6.07, 6.45) is 0. The molecule has 1 amide bonds. The molecule has 7 heteroatoms. The maximum absolute atomic E-state index is 11.6. The van der Waals surface area contributed by atoms with Crippen molar-refractivity contribution in [1.29, 1.82) is 0 Å². The summed E-state index contributed by atoms with van der Waals surface area (Å²) in [5.41, 5.74) is 1.70. The van der Waals surface area contributed by atoms with Crippen molar-refractivity contribution in [3.05, 3.63) is 56.3 Å². The average molecular weight is 291 g/mol. The van der Waals surface area contributed by atoms with Crippen LogP contribution >= 0.6 is 11.3 Å². The summed E-state index contributed by atoms with van der Waals surface area (Å²) in [4.78, 5) is 22.1. The van der Waals surface area contributed by atoms with Gasteiger partial charge in [0.25, 0.3) is 11.6 Å². The van der Waals surface area contributed by atoms with Crippen LogP contribution in [0.15, 0.2) is 35.0 Å². The maximum atomic E-state index is 11.6. The van der Waals surface area contributed by atoms with E-state index in [0.29, 0.717) is 17.8 Å². The van der Waals surface area contributed by atoms with Crippen molar-refractivity contribution >= 4 is 28.6 Å². The molecule has 0 aliphatic heterocycles. The fourth-order valence-electron chi connectivity index (χ4n) is 1.71. The molecule has 1 aromatic heterocycles. The van der Waals surface area contributed by atoms with E-state index in [1.54, 1.807) is 11.3 Å². The minimum Gasteiger partial charge on any atom is -0.375 e. The molecule has 1 aromatic carbocycles. The number of carbonyl (C=O) groups excluding carboxylic acids is 1. The number of hydrogen-bond donors (Lipinski definition) is 2. The summed E-state index contributed by atoms with van der Waals surface area (Å²) in [6, 6.07) is 6.20. The Balaban J connectivity index is 2.26. The van der Waals surface area contributed by atoms with E-state index >= 15 is 0 Å². The highest BCUT2D eigenvalue weighted by molar-refractivity contribution is 7.07. The van der Waals surface area contributed by atoms with Gasteiger partial charge in [-0.1, -0.05) is 0 Å². The molecule has 0 atom stereocenters. The minimum absolute atomic E-state index is 0.0483. The molecule has 2 N–H and O–H groups in total. The van der Waals surface area contributed by atoms with Gasteiger partial charge in [0.2, 0.25) is 0 Å². The zero-order chi connectivity index (χ0) is 14.5. The van der Waals surface area contributed by atoms with Gasteiger partial charge in [0.05, 0.1) is 4.92 Å². The Morgan fingerprint density at radius 1 is 1.40 bits per heavy atom. The number of anilines is 1. The van der Waals surface area contributed by atoms with E-state index < -0.39 is 4.92 Å². The third kappa shape index (κ3) is 3.12. The Bertz CT molecular complexity index is 626. The molecule has 0 saturated heterocycles. The maximum Gasteiger partial charge on any atom is 0.292 e. The molecular formula is C13H13N3O3S. The molecular weight excluding hydrogens is 278 g/mol. The van der Waals surface area contributed by atoms with Crippen LogP contribution in [0.25, 0.3) is 0 Å². The molecule has 0 unspecified atom stereocenters. The van der Waals surface area contributed by atoms with E-state index in [1.807, 2.05) is 16.8 Å². The number of amides is 1. The van der Waals surface area contributed by atoms with Gasteiger partial charge in [-0.25, -0.2) is 0 Å². The third-order valence-corrected chi connectivity index (χ3v) is 3.48. The van der Waals surface area contributed by atoms with Crippen LogP contribution in [0.2, 0.25) is 0 Å². The van der Waals surface area contributed by atoms with Crippen molar-refractivity contribution in [3.8, 4) is 0 Å². The topological polar surface area (TPSA) is 84.3 Å². The predicted octanol–water partition coefficient (Wildman–Crippen LogP) is 2.63. The van der Waals surface area contributed by atoms with Crippen LogP contribution in [0.3, 0.4) is 0 Å². The predicted molar refractivity (Wildman–Crippen MR) is 78.1 cm³/mol. The van der Waals surface area contributed by atoms with Gasteiger partial charge in [0, 0.05) is 25.2 Å². The Kier molecular flexibility index (Phi) is 4.31. The standard InChI is InChI=1S/C13H13N3O3S/c1-14-13(17)10-2-3-12(16(18)19)11(6-10)15-7-9-4-5-20-8-9/h2-6,8,15H,7H2,1H3,(H,14,17).